The third-order valence-corrected chi connectivity index (χ3v) is 3.37. The summed E-state index contributed by atoms with van der Waals surface area (Å²) in [5.41, 5.74) is 1.24. The molecule has 3 nitrogen and oxygen atoms in total. The van der Waals surface area contributed by atoms with Gasteiger partial charge < -0.3 is 14.8 Å². The molecule has 1 aromatic carbocycles. The molecule has 3 heteroatoms. The lowest BCUT2D eigenvalue weighted by Gasteiger charge is -2.13. The molecule has 0 spiro atoms. The summed E-state index contributed by atoms with van der Waals surface area (Å²) in [7, 11) is 0. The van der Waals surface area contributed by atoms with Crippen LogP contribution in [0.3, 0.4) is 0 Å². The molecule has 19 heavy (non-hydrogen) atoms. The molecule has 1 aliphatic rings. The standard InChI is InChI=1S/C16H25NO2/c1-3-17-12-14-7-8-15(16(11-14)18-4-2)19-10-9-13-5-6-13/h7-8,11,13,17H,3-6,9-10,12H2,1-2H3. The molecule has 1 saturated carbocycles. The van der Waals surface area contributed by atoms with E-state index in [0.717, 1.165) is 37.1 Å². The fourth-order valence-electron chi connectivity index (χ4n) is 2.06. The van der Waals surface area contributed by atoms with Crippen molar-refractivity contribution in [1.82, 2.24) is 5.32 Å². The van der Waals surface area contributed by atoms with Crippen molar-refractivity contribution in [3.8, 4) is 11.5 Å². The Bertz CT molecular complexity index is 388. The van der Waals surface area contributed by atoms with Gasteiger partial charge in [-0.1, -0.05) is 25.8 Å². The highest BCUT2D eigenvalue weighted by Crippen LogP contribution is 2.33. The average molecular weight is 263 g/mol. The third-order valence-electron chi connectivity index (χ3n) is 3.37. The lowest BCUT2D eigenvalue weighted by atomic mass is 10.2. The van der Waals surface area contributed by atoms with Gasteiger partial charge in [-0.05, 0) is 43.5 Å². The summed E-state index contributed by atoms with van der Waals surface area (Å²) in [6.45, 7) is 7.44. The monoisotopic (exact) mass is 263 g/mol. The summed E-state index contributed by atoms with van der Waals surface area (Å²) in [5, 5.41) is 3.32. The second-order valence-corrected chi connectivity index (χ2v) is 5.07. The number of hydrogen-bond acceptors (Lipinski definition) is 3. The molecule has 0 amide bonds. The quantitative estimate of drug-likeness (QED) is 0.741. The van der Waals surface area contributed by atoms with Crippen LogP contribution in [0, 0.1) is 5.92 Å². The van der Waals surface area contributed by atoms with Crippen molar-refractivity contribution in [2.45, 2.75) is 39.7 Å². The van der Waals surface area contributed by atoms with Crippen molar-refractivity contribution < 1.29 is 9.47 Å². The fraction of sp³-hybridized carbons (Fsp3) is 0.625. The van der Waals surface area contributed by atoms with Gasteiger partial charge in [0.1, 0.15) is 0 Å². The van der Waals surface area contributed by atoms with Crippen LogP contribution in [0.15, 0.2) is 18.2 Å². The van der Waals surface area contributed by atoms with Crippen LogP contribution in [-0.4, -0.2) is 19.8 Å². The van der Waals surface area contributed by atoms with Gasteiger partial charge in [-0.15, -0.1) is 0 Å². The molecular formula is C16H25NO2. The van der Waals surface area contributed by atoms with E-state index in [1.807, 2.05) is 13.0 Å². The van der Waals surface area contributed by atoms with Crippen molar-refractivity contribution in [2.24, 2.45) is 5.92 Å². The SMILES string of the molecule is CCNCc1ccc(OCCC2CC2)c(OCC)c1. The zero-order valence-corrected chi connectivity index (χ0v) is 12.1. The van der Waals surface area contributed by atoms with Crippen molar-refractivity contribution in [3.63, 3.8) is 0 Å². The number of ether oxygens (including phenoxy) is 2. The Morgan fingerprint density at radius 1 is 1.16 bits per heavy atom. The Morgan fingerprint density at radius 3 is 2.68 bits per heavy atom. The predicted octanol–water partition coefficient (Wildman–Crippen LogP) is 3.37. The summed E-state index contributed by atoms with van der Waals surface area (Å²) >= 11 is 0. The van der Waals surface area contributed by atoms with Crippen molar-refractivity contribution >= 4 is 0 Å². The molecule has 0 heterocycles. The van der Waals surface area contributed by atoms with Gasteiger partial charge in [-0.3, -0.25) is 0 Å². The number of rotatable bonds is 9. The highest BCUT2D eigenvalue weighted by molar-refractivity contribution is 5.43. The molecule has 2 rings (SSSR count). The van der Waals surface area contributed by atoms with Crippen molar-refractivity contribution in [2.75, 3.05) is 19.8 Å². The molecule has 1 aliphatic carbocycles. The van der Waals surface area contributed by atoms with E-state index >= 15 is 0 Å². The van der Waals surface area contributed by atoms with Crippen LogP contribution >= 0.6 is 0 Å². The van der Waals surface area contributed by atoms with Crippen LogP contribution in [0.25, 0.3) is 0 Å². The van der Waals surface area contributed by atoms with E-state index in [0.29, 0.717) is 6.61 Å². The first-order valence-electron chi connectivity index (χ1n) is 7.42. The molecule has 0 saturated heterocycles. The number of benzene rings is 1. The highest BCUT2D eigenvalue weighted by Gasteiger charge is 2.21. The average Bonchev–Trinajstić information content (AvgIpc) is 3.23. The van der Waals surface area contributed by atoms with Gasteiger partial charge in [0, 0.05) is 6.54 Å². The maximum atomic E-state index is 5.85. The zero-order valence-electron chi connectivity index (χ0n) is 12.1. The molecule has 0 bridgehead atoms. The van der Waals surface area contributed by atoms with Gasteiger partial charge in [0.2, 0.25) is 0 Å². The maximum absolute atomic E-state index is 5.85. The molecular weight excluding hydrogens is 238 g/mol. The molecule has 106 valence electrons. The van der Waals surface area contributed by atoms with Crippen LogP contribution < -0.4 is 14.8 Å². The minimum Gasteiger partial charge on any atom is -0.490 e. The zero-order chi connectivity index (χ0) is 13.5. The van der Waals surface area contributed by atoms with E-state index in [4.69, 9.17) is 9.47 Å². The Hall–Kier alpha value is -1.22. The van der Waals surface area contributed by atoms with Crippen LogP contribution in [0.2, 0.25) is 0 Å². The van der Waals surface area contributed by atoms with Gasteiger partial charge in [0.15, 0.2) is 11.5 Å². The molecule has 1 aromatic rings. The number of hydrogen-bond donors (Lipinski definition) is 1. The summed E-state index contributed by atoms with van der Waals surface area (Å²) in [4.78, 5) is 0. The van der Waals surface area contributed by atoms with Crippen LogP contribution in [0.5, 0.6) is 11.5 Å². The summed E-state index contributed by atoms with van der Waals surface area (Å²) in [6, 6.07) is 6.22. The minimum absolute atomic E-state index is 0.670. The first-order chi connectivity index (χ1) is 9.33. The Labute approximate surface area is 116 Å². The van der Waals surface area contributed by atoms with Crippen molar-refractivity contribution in [3.05, 3.63) is 23.8 Å². The molecule has 0 atom stereocenters. The first kappa shape index (κ1) is 14.2. The highest BCUT2D eigenvalue weighted by atomic mass is 16.5. The largest absolute Gasteiger partial charge is 0.490 e. The third kappa shape index (κ3) is 4.75. The van der Waals surface area contributed by atoms with Gasteiger partial charge in [0.05, 0.1) is 13.2 Å². The van der Waals surface area contributed by atoms with E-state index in [1.54, 1.807) is 0 Å². The Kier molecular flexibility index (Phi) is 5.52. The van der Waals surface area contributed by atoms with Crippen LogP contribution in [-0.2, 0) is 6.54 Å². The molecule has 1 N–H and O–H groups in total. The molecule has 0 unspecified atom stereocenters. The van der Waals surface area contributed by atoms with E-state index in [9.17, 15) is 0 Å². The van der Waals surface area contributed by atoms with E-state index in [2.05, 4.69) is 24.4 Å². The Morgan fingerprint density at radius 2 is 2.00 bits per heavy atom. The molecule has 1 fully saturated rings. The van der Waals surface area contributed by atoms with E-state index in [-0.39, 0.29) is 0 Å². The smallest absolute Gasteiger partial charge is 0.161 e. The summed E-state index contributed by atoms with van der Waals surface area (Å²) in [5.74, 6) is 2.65. The molecule has 0 aliphatic heterocycles. The lowest BCUT2D eigenvalue weighted by molar-refractivity contribution is 0.268. The van der Waals surface area contributed by atoms with Gasteiger partial charge in [0.25, 0.3) is 0 Å². The van der Waals surface area contributed by atoms with E-state index in [1.165, 1.54) is 24.8 Å². The van der Waals surface area contributed by atoms with Crippen LogP contribution in [0.4, 0.5) is 0 Å². The lowest BCUT2D eigenvalue weighted by Crippen LogP contribution is -2.12. The Balaban J connectivity index is 1.94. The second kappa shape index (κ2) is 7.39. The molecule has 0 aromatic heterocycles. The van der Waals surface area contributed by atoms with E-state index < -0.39 is 0 Å². The van der Waals surface area contributed by atoms with Crippen molar-refractivity contribution in [1.29, 1.82) is 0 Å². The maximum Gasteiger partial charge on any atom is 0.161 e. The van der Waals surface area contributed by atoms with Gasteiger partial charge in [-0.25, -0.2) is 0 Å². The predicted molar refractivity (Wildman–Crippen MR) is 77.8 cm³/mol. The fourth-order valence-corrected chi connectivity index (χ4v) is 2.06. The van der Waals surface area contributed by atoms with Crippen LogP contribution in [0.1, 0.15) is 38.7 Å². The summed E-state index contributed by atoms with van der Waals surface area (Å²) in [6.07, 6.45) is 3.93. The van der Waals surface area contributed by atoms with Gasteiger partial charge >= 0.3 is 0 Å². The molecule has 0 radical (unpaired) electrons. The topological polar surface area (TPSA) is 30.5 Å². The number of nitrogens with one attached hydrogen (secondary N) is 1. The normalized spacial score (nSPS) is 14.4. The minimum atomic E-state index is 0.670. The second-order valence-electron chi connectivity index (χ2n) is 5.07. The first-order valence-corrected chi connectivity index (χ1v) is 7.42. The summed E-state index contributed by atoms with van der Waals surface area (Å²) < 4.78 is 11.5. The van der Waals surface area contributed by atoms with Gasteiger partial charge in [-0.2, -0.15) is 0 Å².